The third-order valence-electron chi connectivity index (χ3n) is 6.27. The van der Waals surface area contributed by atoms with Crippen molar-refractivity contribution in [2.45, 2.75) is 37.3 Å². The van der Waals surface area contributed by atoms with Crippen molar-refractivity contribution in [1.29, 1.82) is 0 Å². The molecule has 0 fully saturated rings. The fourth-order valence-corrected chi connectivity index (χ4v) is 4.52. The van der Waals surface area contributed by atoms with Gasteiger partial charge < -0.3 is 25.2 Å². The van der Waals surface area contributed by atoms with Gasteiger partial charge in [-0.2, -0.15) is 0 Å². The topological polar surface area (TPSA) is 131 Å². The van der Waals surface area contributed by atoms with E-state index in [0.717, 1.165) is 29.4 Å². The Morgan fingerprint density at radius 1 is 1.03 bits per heavy atom. The van der Waals surface area contributed by atoms with Gasteiger partial charge in [-0.15, -0.1) is 0 Å². The summed E-state index contributed by atoms with van der Waals surface area (Å²) in [5.41, 5.74) is 4.84. The van der Waals surface area contributed by atoms with Crippen LogP contribution < -0.4 is 10.6 Å². The first-order valence-electron chi connectivity index (χ1n) is 11.3. The third-order valence-corrected chi connectivity index (χ3v) is 6.27. The molecule has 2 amide bonds. The lowest BCUT2D eigenvalue weighted by Crippen LogP contribution is -2.43. The molecule has 0 radical (unpaired) electrons. The summed E-state index contributed by atoms with van der Waals surface area (Å²) in [6, 6.07) is 14.4. The predicted octanol–water partition coefficient (Wildman–Crippen LogP) is 2.75. The highest BCUT2D eigenvalue weighted by molar-refractivity contribution is 5.97. The maximum atomic E-state index is 12.5. The first-order valence-corrected chi connectivity index (χ1v) is 11.3. The van der Waals surface area contributed by atoms with Crippen LogP contribution in [0.15, 0.2) is 60.2 Å². The molecule has 9 nitrogen and oxygen atoms in total. The number of carboxylic acids is 1. The number of carbonyl (C=O) groups excluding carboxylic acids is 3. The Bertz CT molecular complexity index is 1140. The number of hydrogen-bond acceptors (Lipinski definition) is 6. The summed E-state index contributed by atoms with van der Waals surface area (Å²) in [4.78, 5) is 47.7. The van der Waals surface area contributed by atoms with Crippen molar-refractivity contribution in [3.8, 4) is 11.1 Å². The number of hydrogen-bond donors (Lipinski definition) is 3. The van der Waals surface area contributed by atoms with E-state index in [0.29, 0.717) is 12.0 Å². The minimum absolute atomic E-state index is 0.0565. The summed E-state index contributed by atoms with van der Waals surface area (Å²) in [5.74, 6) is -2.74. The molecular formula is C26H26N2O7. The zero-order chi connectivity index (χ0) is 24.9. The minimum atomic E-state index is -1.40. The highest BCUT2D eigenvalue weighted by Gasteiger charge is 2.31. The van der Waals surface area contributed by atoms with Crippen molar-refractivity contribution in [3.05, 3.63) is 71.3 Å². The number of carbonyl (C=O) groups is 4. The first-order chi connectivity index (χ1) is 16.9. The maximum Gasteiger partial charge on any atom is 0.407 e. The van der Waals surface area contributed by atoms with Crippen LogP contribution in [0.25, 0.3) is 11.1 Å². The van der Waals surface area contributed by atoms with E-state index < -0.39 is 36.4 Å². The Morgan fingerprint density at radius 2 is 1.66 bits per heavy atom. The SMILES string of the molecule is COC(=O)C[C@H](NC(=O)C1=CCC(NC(=O)OCC2c3ccccc3-c3ccccc32)C1)C(=O)O. The van der Waals surface area contributed by atoms with Crippen LogP contribution in [0, 0.1) is 0 Å². The molecule has 182 valence electrons. The summed E-state index contributed by atoms with van der Waals surface area (Å²) in [5, 5.41) is 14.3. The number of carboxylic acid groups (broad SMARTS) is 1. The number of alkyl carbamates (subject to hydrolysis) is 1. The number of ether oxygens (including phenoxy) is 2. The van der Waals surface area contributed by atoms with Crippen molar-refractivity contribution in [2.75, 3.05) is 13.7 Å². The molecule has 0 aromatic heterocycles. The van der Waals surface area contributed by atoms with E-state index in [4.69, 9.17) is 4.74 Å². The summed E-state index contributed by atoms with van der Waals surface area (Å²) in [6.07, 6.45) is 1.20. The highest BCUT2D eigenvalue weighted by atomic mass is 16.5. The van der Waals surface area contributed by atoms with Gasteiger partial charge in [0.15, 0.2) is 0 Å². The molecule has 2 aromatic rings. The Balaban J connectivity index is 1.29. The molecular weight excluding hydrogens is 452 g/mol. The molecule has 4 rings (SSSR count). The fraction of sp³-hybridized carbons (Fsp3) is 0.308. The second kappa shape index (κ2) is 10.4. The van der Waals surface area contributed by atoms with Crippen molar-refractivity contribution in [2.24, 2.45) is 0 Å². The molecule has 9 heteroatoms. The Morgan fingerprint density at radius 3 is 2.26 bits per heavy atom. The number of amides is 2. The molecule has 1 unspecified atom stereocenters. The molecule has 0 aliphatic heterocycles. The standard InChI is InChI=1S/C26H26N2O7/c1-34-23(29)13-22(25(31)32)28-24(30)15-10-11-16(12-15)27-26(33)35-14-21-19-8-4-2-6-17(19)18-7-3-5-9-20(18)21/h2-10,16,21-22H,11-14H2,1H3,(H,27,33)(H,28,30)(H,31,32)/t16?,22-/m0/s1. The van der Waals surface area contributed by atoms with E-state index in [9.17, 15) is 24.3 Å². The largest absolute Gasteiger partial charge is 0.480 e. The van der Waals surface area contributed by atoms with E-state index in [1.54, 1.807) is 6.08 Å². The molecule has 0 saturated carbocycles. The van der Waals surface area contributed by atoms with Crippen LogP contribution >= 0.6 is 0 Å². The monoisotopic (exact) mass is 478 g/mol. The number of nitrogens with one attached hydrogen (secondary N) is 2. The summed E-state index contributed by atoms with van der Waals surface area (Å²) in [7, 11) is 1.14. The quantitative estimate of drug-likeness (QED) is 0.497. The highest BCUT2D eigenvalue weighted by Crippen LogP contribution is 2.44. The van der Waals surface area contributed by atoms with Gasteiger partial charge in [0, 0.05) is 17.5 Å². The number of fused-ring (bicyclic) bond motifs is 3. The normalized spacial score (nSPS) is 16.9. The average molecular weight is 479 g/mol. The van der Waals surface area contributed by atoms with Crippen molar-refractivity contribution in [1.82, 2.24) is 10.6 Å². The molecule has 0 heterocycles. The van der Waals surface area contributed by atoms with Gasteiger partial charge in [-0.05, 0) is 35.1 Å². The molecule has 2 atom stereocenters. The number of benzene rings is 2. The van der Waals surface area contributed by atoms with E-state index in [1.807, 2.05) is 36.4 Å². The van der Waals surface area contributed by atoms with Gasteiger partial charge in [0.1, 0.15) is 12.6 Å². The predicted molar refractivity (Wildman–Crippen MR) is 126 cm³/mol. The summed E-state index contributed by atoms with van der Waals surface area (Å²) >= 11 is 0. The Hall–Kier alpha value is -4.14. The molecule has 0 spiro atoms. The average Bonchev–Trinajstić information content (AvgIpc) is 3.45. The molecule has 35 heavy (non-hydrogen) atoms. The van der Waals surface area contributed by atoms with Crippen molar-refractivity contribution >= 4 is 23.9 Å². The second-order valence-corrected chi connectivity index (χ2v) is 8.48. The van der Waals surface area contributed by atoms with Gasteiger partial charge in [0.25, 0.3) is 0 Å². The van der Waals surface area contributed by atoms with E-state index in [-0.39, 0.29) is 25.0 Å². The number of aliphatic carboxylic acids is 1. The number of rotatable bonds is 8. The third kappa shape index (κ3) is 5.34. The van der Waals surface area contributed by atoms with Crippen LogP contribution in [0.3, 0.4) is 0 Å². The molecule has 2 aromatic carbocycles. The Kier molecular flexibility index (Phi) is 7.14. The van der Waals surface area contributed by atoms with Gasteiger partial charge >= 0.3 is 18.0 Å². The molecule has 0 saturated heterocycles. The number of methoxy groups -OCH3 is 1. The Labute approximate surface area is 202 Å². The molecule has 3 N–H and O–H groups in total. The minimum Gasteiger partial charge on any atom is -0.480 e. The van der Waals surface area contributed by atoms with Crippen molar-refractivity contribution in [3.63, 3.8) is 0 Å². The summed E-state index contributed by atoms with van der Waals surface area (Å²) in [6.45, 7) is 0.182. The zero-order valence-corrected chi connectivity index (χ0v) is 19.2. The van der Waals surface area contributed by atoms with E-state index in [2.05, 4.69) is 27.5 Å². The van der Waals surface area contributed by atoms with E-state index >= 15 is 0 Å². The number of esters is 1. The molecule has 0 bridgehead atoms. The lowest BCUT2D eigenvalue weighted by atomic mass is 9.98. The van der Waals surface area contributed by atoms with Crippen LogP contribution in [0.1, 0.15) is 36.3 Å². The van der Waals surface area contributed by atoms with Gasteiger partial charge in [-0.3, -0.25) is 9.59 Å². The lowest BCUT2D eigenvalue weighted by Gasteiger charge is -2.17. The van der Waals surface area contributed by atoms with Crippen LogP contribution in [0.4, 0.5) is 4.79 Å². The lowest BCUT2D eigenvalue weighted by molar-refractivity contribution is -0.148. The maximum absolute atomic E-state index is 12.5. The smallest absolute Gasteiger partial charge is 0.407 e. The van der Waals surface area contributed by atoms with Gasteiger partial charge in [0.05, 0.1) is 13.5 Å². The van der Waals surface area contributed by atoms with E-state index in [1.165, 1.54) is 0 Å². The van der Waals surface area contributed by atoms with Crippen LogP contribution in [0.2, 0.25) is 0 Å². The van der Waals surface area contributed by atoms with Crippen LogP contribution in [-0.4, -0.2) is 54.8 Å². The van der Waals surface area contributed by atoms with Crippen molar-refractivity contribution < 1.29 is 33.8 Å². The molecule has 2 aliphatic carbocycles. The summed E-state index contributed by atoms with van der Waals surface area (Å²) < 4.78 is 10.0. The second-order valence-electron chi connectivity index (χ2n) is 8.48. The van der Waals surface area contributed by atoms with Crippen LogP contribution in [0.5, 0.6) is 0 Å². The van der Waals surface area contributed by atoms with Crippen LogP contribution in [-0.2, 0) is 23.9 Å². The van der Waals surface area contributed by atoms with Gasteiger partial charge in [0.2, 0.25) is 5.91 Å². The van der Waals surface area contributed by atoms with Gasteiger partial charge in [-0.25, -0.2) is 9.59 Å². The van der Waals surface area contributed by atoms with Gasteiger partial charge in [-0.1, -0.05) is 54.6 Å². The fourth-order valence-electron chi connectivity index (χ4n) is 4.52. The zero-order valence-electron chi connectivity index (χ0n) is 19.2. The first kappa shape index (κ1) is 24.0. The molecule has 2 aliphatic rings.